The molecule has 0 saturated heterocycles. The van der Waals surface area contributed by atoms with Crippen molar-refractivity contribution in [2.75, 3.05) is 13.7 Å². The number of rotatable bonds is 5. The summed E-state index contributed by atoms with van der Waals surface area (Å²) in [6.45, 7) is 1.66. The minimum Gasteiger partial charge on any atom is -0.350 e. The van der Waals surface area contributed by atoms with Crippen LogP contribution in [0.25, 0.3) is 10.9 Å². The summed E-state index contributed by atoms with van der Waals surface area (Å²) in [4.78, 5) is 16.6. The van der Waals surface area contributed by atoms with Crippen molar-refractivity contribution in [3.63, 3.8) is 0 Å². The van der Waals surface area contributed by atoms with Crippen LogP contribution in [-0.4, -0.2) is 29.4 Å². The van der Waals surface area contributed by atoms with Gasteiger partial charge in [-0.05, 0) is 37.3 Å². The minimum absolute atomic E-state index is 0.0662. The van der Waals surface area contributed by atoms with E-state index in [1.54, 1.807) is 25.2 Å². The Hall–Kier alpha value is -2.72. The lowest BCUT2D eigenvalue weighted by atomic mass is 10.2. The highest BCUT2D eigenvalue weighted by Crippen LogP contribution is 2.47. The van der Waals surface area contributed by atoms with Crippen LogP contribution in [0.15, 0.2) is 36.4 Å². The molecular formula is C19H15ClF2N3O3P. The molecule has 29 heavy (non-hydrogen) atoms. The zero-order chi connectivity index (χ0) is 21.3. The molecule has 1 atom stereocenters. The van der Waals surface area contributed by atoms with Crippen molar-refractivity contribution in [2.45, 2.75) is 6.92 Å². The number of benzene rings is 2. The number of carbonyl (C=O) groups excluding carboxylic acids is 1. The number of fused-ring (bicyclic) bond motifs is 1. The molecule has 1 unspecified atom stereocenters. The third kappa shape index (κ3) is 3.65. The van der Waals surface area contributed by atoms with Crippen molar-refractivity contribution in [1.82, 2.24) is 9.88 Å². The van der Waals surface area contributed by atoms with E-state index in [4.69, 9.17) is 16.1 Å². The monoisotopic (exact) mass is 437 g/mol. The first-order chi connectivity index (χ1) is 13.7. The molecule has 1 N–H and O–H groups in total. The van der Waals surface area contributed by atoms with Gasteiger partial charge in [0.25, 0.3) is 13.3 Å². The number of nitrogens with one attached hydrogen (secondary N) is 1. The highest BCUT2D eigenvalue weighted by atomic mass is 35.5. The number of aromatic nitrogens is 1. The molecule has 0 radical (unpaired) electrons. The predicted molar refractivity (Wildman–Crippen MR) is 106 cm³/mol. The van der Waals surface area contributed by atoms with Gasteiger partial charge in [-0.2, -0.15) is 5.26 Å². The lowest BCUT2D eigenvalue weighted by Crippen LogP contribution is -2.31. The normalized spacial score (nSPS) is 13.1. The molecular weight excluding hydrogens is 423 g/mol. The summed E-state index contributed by atoms with van der Waals surface area (Å²) in [5, 5.41) is 9.43. The Kier molecular flexibility index (Phi) is 5.76. The van der Waals surface area contributed by atoms with Gasteiger partial charge in [0, 0.05) is 41.0 Å². The van der Waals surface area contributed by atoms with E-state index in [-0.39, 0.29) is 33.3 Å². The zero-order valence-corrected chi connectivity index (χ0v) is 17.0. The Morgan fingerprint density at radius 1 is 1.28 bits per heavy atom. The largest absolute Gasteiger partial charge is 0.350 e. The van der Waals surface area contributed by atoms with Gasteiger partial charge in [0.05, 0.1) is 5.30 Å². The van der Waals surface area contributed by atoms with E-state index in [2.05, 4.69) is 4.98 Å². The number of hydrogen-bond donors (Lipinski definition) is 1. The van der Waals surface area contributed by atoms with Crippen LogP contribution in [0.4, 0.5) is 8.78 Å². The molecule has 3 aromatic rings. The van der Waals surface area contributed by atoms with Gasteiger partial charge in [-0.25, -0.2) is 13.7 Å². The van der Waals surface area contributed by atoms with E-state index in [1.807, 2.05) is 0 Å². The lowest BCUT2D eigenvalue weighted by molar-refractivity contribution is 0.0834. The van der Waals surface area contributed by atoms with Crippen LogP contribution in [0, 0.1) is 23.1 Å². The Morgan fingerprint density at radius 3 is 2.48 bits per heavy atom. The van der Waals surface area contributed by atoms with Crippen molar-refractivity contribution < 1.29 is 22.7 Å². The predicted octanol–water partition coefficient (Wildman–Crippen LogP) is 3.92. The highest BCUT2D eigenvalue weighted by Gasteiger charge is 2.37. The smallest absolute Gasteiger partial charge is 0.284 e. The van der Waals surface area contributed by atoms with Crippen molar-refractivity contribution in [2.24, 2.45) is 0 Å². The summed E-state index contributed by atoms with van der Waals surface area (Å²) in [5.74, 6) is -2.66. The minimum atomic E-state index is -4.16. The molecule has 10 heteroatoms. The molecule has 0 bridgehead atoms. The summed E-state index contributed by atoms with van der Waals surface area (Å²) in [7, 11) is -3.04. The van der Waals surface area contributed by atoms with Gasteiger partial charge in [0.15, 0.2) is 6.19 Å². The molecule has 1 amide bonds. The lowest BCUT2D eigenvalue weighted by Gasteiger charge is -2.19. The van der Waals surface area contributed by atoms with Crippen LogP contribution < -0.4 is 10.6 Å². The third-order valence-electron chi connectivity index (χ3n) is 4.37. The van der Waals surface area contributed by atoms with E-state index in [1.165, 1.54) is 6.07 Å². The topological polar surface area (TPSA) is 86.2 Å². The van der Waals surface area contributed by atoms with Crippen LogP contribution in [-0.2, 0) is 9.09 Å². The number of nitriles is 1. The van der Waals surface area contributed by atoms with E-state index in [0.717, 1.165) is 24.1 Å². The zero-order valence-electron chi connectivity index (χ0n) is 15.4. The average Bonchev–Trinajstić information content (AvgIpc) is 3.06. The first-order valence-corrected chi connectivity index (χ1v) is 10.4. The number of H-pyrrole nitrogens is 1. The fraction of sp³-hybridized carbons (Fsp3) is 0.158. The number of amides is 1. The molecule has 2 aromatic carbocycles. The number of aromatic amines is 1. The Labute approximate surface area is 170 Å². The van der Waals surface area contributed by atoms with Crippen molar-refractivity contribution in [3.8, 4) is 6.19 Å². The molecule has 3 rings (SSSR count). The number of nitrogens with zero attached hydrogens (tertiary/aromatic N) is 2. The second kappa shape index (κ2) is 7.96. The third-order valence-corrected chi connectivity index (χ3v) is 7.11. The van der Waals surface area contributed by atoms with Crippen molar-refractivity contribution in [3.05, 3.63) is 58.7 Å². The van der Waals surface area contributed by atoms with Gasteiger partial charge in [0.1, 0.15) is 17.3 Å². The fourth-order valence-corrected chi connectivity index (χ4v) is 5.40. The van der Waals surface area contributed by atoms with Gasteiger partial charge in [-0.3, -0.25) is 9.36 Å². The maximum Gasteiger partial charge on any atom is 0.284 e. The fourth-order valence-electron chi connectivity index (χ4n) is 3.04. The summed E-state index contributed by atoms with van der Waals surface area (Å²) in [6.07, 6.45) is 1.75. The number of carbonyl (C=O) groups is 1. The quantitative estimate of drug-likeness (QED) is 0.372. The van der Waals surface area contributed by atoms with Crippen LogP contribution >= 0.6 is 19.0 Å². The van der Waals surface area contributed by atoms with Gasteiger partial charge in [-0.15, -0.1) is 0 Å². The van der Waals surface area contributed by atoms with Gasteiger partial charge in [0.2, 0.25) is 0 Å². The molecule has 1 heterocycles. The second-order valence-corrected chi connectivity index (χ2v) is 8.92. The van der Waals surface area contributed by atoms with E-state index < -0.39 is 24.9 Å². The molecule has 0 aliphatic heterocycles. The molecule has 0 spiro atoms. The van der Waals surface area contributed by atoms with E-state index in [0.29, 0.717) is 11.6 Å². The van der Waals surface area contributed by atoms with Crippen LogP contribution in [0.1, 0.15) is 17.4 Å². The highest BCUT2D eigenvalue weighted by molar-refractivity contribution is 7.75. The standard InChI is InChI=1S/C19H15ClF2N3O3P/c1-3-25(10-23)19(26)17-18(15-6-11(20)4-5-16(15)24-17)29(27,28-2)14-8-12(21)7-13(22)9-14/h4-9,24H,3H2,1-2H3. The van der Waals surface area contributed by atoms with Gasteiger partial charge < -0.3 is 9.51 Å². The Morgan fingerprint density at radius 2 is 1.93 bits per heavy atom. The molecule has 0 fully saturated rings. The van der Waals surface area contributed by atoms with Gasteiger partial charge in [-0.1, -0.05) is 11.6 Å². The van der Waals surface area contributed by atoms with E-state index >= 15 is 0 Å². The summed E-state index contributed by atoms with van der Waals surface area (Å²) in [5.41, 5.74) is 0.219. The molecule has 0 aliphatic rings. The Bertz CT molecular complexity index is 1190. The summed E-state index contributed by atoms with van der Waals surface area (Å²) >= 11 is 6.07. The second-order valence-electron chi connectivity index (χ2n) is 6.05. The maximum atomic E-state index is 13.9. The number of hydrogen-bond acceptors (Lipinski definition) is 4. The molecule has 6 nitrogen and oxygen atoms in total. The van der Waals surface area contributed by atoms with Crippen molar-refractivity contribution in [1.29, 1.82) is 5.26 Å². The molecule has 0 aliphatic carbocycles. The van der Waals surface area contributed by atoms with Crippen LogP contribution in [0.5, 0.6) is 0 Å². The Balaban J connectivity index is 2.40. The first kappa shape index (κ1) is 21.0. The average molecular weight is 438 g/mol. The molecule has 150 valence electrons. The molecule has 1 aromatic heterocycles. The summed E-state index contributed by atoms with van der Waals surface area (Å²) in [6, 6.07) is 6.98. The SMILES string of the molecule is CCN(C#N)C(=O)c1[nH]c2ccc(Cl)cc2c1P(=O)(OC)c1cc(F)cc(F)c1. The first-order valence-electron chi connectivity index (χ1n) is 8.41. The number of halogens is 3. The van der Waals surface area contributed by atoms with Crippen LogP contribution in [0.2, 0.25) is 5.02 Å². The maximum absolute atomic E-state index is 13.9. The van der Waals surface area contributed by atoms with Crippen LogP contribution in [0.3, 0.4) is 0 Å². The van der Waals surface area contributed by atoms with Gasteiger partial charge >= 0.3 is 0 Å². The molecule has 0 saturated carbocycles. The van der Waals surface area contributed by atoms with E-state index in [9.17, 15) is 23.4 Å². The summed E-state index contributed by atoms with van der Waals surface area (Å²) < 4.78 is 46.9. The van der Waals surface area contributed by atoms with Crippen molar-refractivity contribution >= 4 is 46.4 Å².